The normalized spacial score (nSPS) is 12.9. The first-order valence-electron chi connectivity index (χ1n) is 5.34. The SMILES string of the molecule is CCc1ccc(C(C(=S)Cl)C(C)C)cc1. The molecule has 1 atom stereocenters. The van der Waals surface area contributed by atoms with Gasteiger partial charge in [-0.15, -0.1) is 0 Å². The molecule has 0 fully saturated rings. The van der Waals surface area contributed by atoms with Crippen LogP contribution in [-0.2, 0) is 6.42 Å². The van der Waals surface area contributed by atoms with Crippen LogP contribution in [0.3, 0.4) is 0 Å². The number of hydrogen-bond donors (Lipinski definition) is 0. The third-order valence-corrected chi connectivity index (χ3v) is 3.15. The molecule has 2 heteroatoms. The summed E-state index contributed by atoms with van der Waals surface area (Å²) in [6, 6.07) is 8.58. The van der Waals surface area contributed by atoms with Crippen molar-refractivity contribution in [3.8, 4) is 0 Å². The van der Waals surface area contributed by atoms with Gasteiger partial charge in [0.2, 0.25) is 0 Å². The van der Waals surface area contributed by atoms with Crippen molar-refractivity contribution >= 4 is 28.1 Å². The Bertz CT molecular complexity index is 327. The van der Waals surface area contributed by atoms with Gasteiger partial charge in [0, 0.05) is 5.92 Å². The maximum Gasteiger partial charge on any atom is 0.0885 e. The number of rotatable bonds is 4. The van der Waals surface area contributed by atoms with Crippen molar-refractivity contribution in [2.45, 2.75) is 33.1 Å². The molecule has 1 rings (SSSR count). The van der Waals surface area contributed by atoms with E-state index < -0.39 is 0 Å². The fraction of sp³-hybridized carbons (Fsp3) is 0.462. The second-order valence-corrected chi connectivity index (χ2v) is 5.19. The molecule has 0 saturated carbocycles. The molecule has 1 aromatic rings. The fourth-order valence-electron chi connectivity index (χ4n) is 1.74. The molecular weight excluding hydrogens is 224 g/mol. The molecule has 0 aliphatic carbocycles. The van der Waals surface area contributed by atoms with Crippen LogP contribution in [0.5, 0.6) is 0 Å². The summed E-state index contributed by atoms with van der Waals surface area (Å²) in [5.74, 6) is 0.634. The Morgan fingerprint density at radius 2 is 1.80 bits per heavy atom. The lowest BCUT2D eigenvalue weighted by atomic mass is 9.89. The average Bonchev–Trinajstić information content (AvgIpc) is 2.18. The van der Waals surface area contributed by atoms with Gasteiger partial charge in [0.25, 0.3) is 0 Å². The topological polar surface area (TPSA) is 0 Å². The van der Waals surface area contributed by atoms with Gasteiger partial charge in [0.05, 0.1) is 4.32 Å². The first kappa shape index (κ1) is 12.7. The zero-order valence-corrected chi connectivity index (χ0v) is 11.0. The lowest BCUT2D eigenvalue weighted by molar-refractivity contribution is 0.611. The highest BCUT2D eigenvalue weighted by Gasteiger charge is 2.18. The van der Waals surface area contributed by atoms with Gasteiger partial charge in [-0.25, -0.2) is 0 Å². The van der Waals surface area contributed by atoms with Gasteiger partial charge in [0.15, 0.2) is 0 Å². The Labute approximate surface area is 103 Å². The molecule has 0 N–H and O–H groups in total. The molecule has 0 spiro atoms. The molecule has 0 amide bonds. The van der Waals surface area contributed by atoms with Gasteiger partial charge in [-0.2, -0.15) is 0 Å². The van der Waals surface area contributed by atoms with E-state index in [-0.39, 0.29) is 5.92 Å². The number of halogens is 1. The van der Waals surface area contributed by atoms with Gasteiger partial charge in [-0.3, -0.25) is 0 Å². The molecule has 1 unspecified atom stereocenters. The van der Waals surface area contributed by atoms with Crippen LogP contribution in [0.15, 0.2) is 24.3 Å². The van der Waals surface area contributed by atoms with E-state index in [2.05, 4.69) is 45.0 Å². The maximum atomic E-state index is 5.98. The van der Waals surface area contributed by atoms with Crippen LogP contribution in [0.2, 0.25) is 0 Å². The second-order valence-electron chi connectivity index (χ2n) is 4.12. The molecule has 0 aliphatic heterocycles. The minimum atomic E-state index is 0.188. The fourth-order valence-corrected chi connectivity index (χ4v) is 2.52. The molecule has 0 nitrogen and oxygen atoms in total. The molecule has 0 radical (unpaired) electrons. The predicted octanol–water partition coefficient (Wildman–Crippen LogP) is 4.55. The Balaban J connectivity index is 2.97. The summed E-state index contributed by atoms with van der Waals surface area (Å²) < 4.78 is 0.564. The first-order chi connectivity index (χ1) is 7.06. The van der Waals surface area contributed by atoms with Crippen LogP contribution in [0.1, 0.15) is 37.8 Å². The summed E-state index contributed by atoms with van der Waals surface area (Å²) in [5, 5.41) is 0. The average molecular weight is 241 g/mol. The zero-order chi connectivity index (χ0) is 11.4. The summed E-state index contributed by atoms with van der Waals surface area (Å²) in [6.07, 6.45) is 1.07. The van der Waals surface area contributed by atoms with Crippen LogP contribution in [0, 0.1) is 5.92 Å². The standard InChI is InChI=1S/C13H17ClS/c1-4-10-5-7-11(8-6-10)12(9(2)3)13(14)15/h5-9,12H,4H2,1-3H3. The van der Waals surface area contributed by atoms with Crippen molar-refractivity contribution in [2.24, 2.45) is 5.92 Å². The van der Waals surface area contributed by atoms with Gasteiger partial charge in [-0.1, -0.05) is 68.9 Å². The van der Waals surface area contributed by atoms with Crippen molar-refractivity contribution in [3.05, 3.63) is 35.4 Å². The molecule has 0 heterocycles. The van der Waals surface area contributed by atoms with E-state index in [0.29, 0.717) is 10.2 Å². The highest BCUT2D eigenvalue weighted by Crippen LogP contribution is 2.28. The quantitative estimate of drug-likeness (QED) is 0.550. The lowest BCUT2D eigenvalue weighted by Crippen LogP contribution is -2.12. The Kier molecular flexibility index (Phi) is 4.75. The predicted molar refractivity (Wildman–Crippen MR) is 71.9 cm³/mol. The van der Waals surface area contributed by atoms with Crippen LogP contribution >= 0.6 is 23.8 Å². The van der Waals surface area contributed by atoms with Crippen molar-refractivity contribution in [1.29, 1.82) is 0 Å². The van der Waals surface area contributed by atoms with Gasteiger partial charge >= 0.3 is 0 Å². The maximum absolute atomic E-state index is 5.98. The summed E-state index contributed by atoms with van der Waals surface area (Å²) in [7, 11) is 0. The number of thiocarbonyl (C=S) groups is 1. The van der Waals surface area contributed by atoms with Gasteiger partial charge < -0.3 is 0 Å². The molecule has 0 aliphatic rings. The van der Waals surface area contributed by atoms with E-state index in [1.165, 1.54) is 11.1 Å². The Morgan fingerprint density at radius 3 is 2.13 bits per heavy atom. The summed E-state index contributed by atoms with van der Waals surface area (Å²) >= 11 is 11.1. The van der Waals surface area contributed by atoms with E-state index in [1.807, 2.05) is 0 Å². The van der Waals surface area contributed by atoms with Gasteiger partial charge in [-0.05, 0) is 23.5 Å². The highest BCUT2D eigenvalue weighted by atomic mass is 35.5. The molecule has 82 valence electrons. The lowest BCUT2D eigenvalue weighted by Gasteiger charge is -2.19. The van der Waals surface area contributed by atoms with Crippen molar-refractivity contribution in [1.82, 2.24) is 0 Å². The number of hydrogen-bond acceptors (Lipinski definition) is 1. The van der Waals surface area contributed by atoms with E-state index >= 15 is 0 Å². The van der Waals surface area contributed by atoms with Crippen molar-refractivity contribution < 1.29 is 0 Å². The van der Waals surface area contributed by atoms with Crippen LogP contribution in [0.25, 0.3) is 0 Å². The largest absolute Gasteiger partial charge is 0.0885 e. The molecular formula is C13H17ClS. The van der Waals surface area contributed by atoms with Crippen LogP contribution in [-0.4, -0.2) is 4.32 Å². The van der Waals surface area contributed by atoms with E-state index in [1.54, 1.807) is 0 Å². The molecule has 0 saturated heterocycles. The highest BCUT2D eigenvalue weighted by molar-refractivity contribution is 7.83. The summed E-state index contributed by atoms with van der Waals surface area (Å²) in [4.78, 5) is 0. The Morgan fingerprint density at radius 1 is 1.27 bits per heavy atom. The minimum absolute atomic E-state index is 0.188. The monoisotopic (exact) mass is 240 g/mol. The molecule has 1 aromatic carbocycles. The third-order valence-electron chi connectivity index (χ3n) is 2.66. The summed E-state index contributed by atoms with van der Waals surface area (Å²) in [6.45, 7) is 6.45. The first-order valence-corrected chi connectivity index (χ1v) is 6.13. The molecule has 0 bridgehead atoms. The summed E-state index contributed by atoms with van der Waals surface area (Å²) in [5.41, 5.74) is 2.57. The molecule has 0 aromatic heterocycles. The third kappa shape index (κ3) is 3.29. The van der Waals surface area contributed by atoms with E-state index in [4.69, 9.17) is 23.8 Å². The smallest absolute Gasteiger partial charge is 0.0758 e. The number of benzene rings is 1. The van der Waals surface area contributed by atoms with Crippen molar-refractivity contribution in [3.63, 3.8) is 0 Å². The molecule has 15 heavy (non-hydrogen) atoms. The van der Waals surface area contributed by atoms with Crippen molar-refractivity contribution in [2.75, 3.05) is 0 Å². The second kappa shape index (κ2) is 5.62. The van der Waals surface area contributed by atoms with E-state index in [9.17, 15) is 0 Å². The van der Waals surface area contributed by atoms with Crippen LogP contribution in [0.4, 0.5) is 0 Å². The zero-order valence-electron chi connectivity index (χ0n) is 9.46. The van der Waals surface area contributed by atoms with E-state index in [0.717, 1.165) is 6.42 Å². The number of aryl methyl sites for hydroxylation is 1. The Hall–Kier alpha value is -0.400. The van der Waals surface area contributed by atoms with Gasteiger partial charge in [0.1, 0.15) is 0 Å². The van der Waals surface area contributed by atoms with Crippen LogP contribution < -0.4 is 0 Å². The minimum Gasteiger partial charge on any atom is -0.0758 e.